The van der Waals surface area contributed by atoms with Crippen molar-refractivity contribution in [2.45, 2.75) is 25.7 Å². The molecule has 1 aliphatic rings. The van der Waals surface area contributed by atoms with Gasteiger partial charge in [0.25, 0.3) is 0 Å². The van der Waals surface area contributed by atoms with Gasteiger partial charge in [-0.15, -0.1) is 0 Å². The summed E-state index contributed by atoms with van der Waals surface area (Å²) in [6, 6.07) is 0. The molecule has 1 saturated carbocycles. The molecule has 1 atom stereocenters. The van der Waals surface area contributed by atoms with Crippen LogP contribution < -0.4 is 4.90 Å². The number of carboxylic acids is 1. The maximum atomic E-state index is 10.7. The number of anilines is 1. The van der Waals surface area contributed by atoms with Crippen LogP contribution in [0.5, 0.6) is 0 Å². The fourth-order valence-electron chi connectivity index (χ4n) is 1.46. The normalized spacial score (nSPS) is 17.1. The molecule has 1 heterocycles. The van der Waals surface area contributed by atoms with E-state index in [2.05, 4.69) is 9.36 Å². The second-order valence-corrected chi connectivity index (χ2v) is 5.06. The number of hydrogen-bond donors (Lipinski definition) is 1. The van der Waals surface area contributed by atoms with Gasteiger partial charge in [-0.25, -0.2) is 4.98 Å². The maximum absolute atomic E-state index is 10.7. The summed E-state index contributed by atoms with van der Waals surface area (Å²) in [7, 11) is 1.86. The predicted octanol–water partition coefficient (Wildman–Crippen LogP) is 1.57. The number of nitrogens with zero attached hydrogens (tertiary/aromatic N) is 3. The number of aliphatic carboxylic acids is 1. The summed E-state index contributed by atoms with van der Waals surface area (Å²) in [4.78, 5) is 17.0. The quantitative estimate of drug-likeness (QED) is 0.847. The van der Waals surface area contributed by atoms with E-state index in [1.54, 1.807) is 6.92 Å². The van der Waals surface area contributed by atoms with Gasteiger partial charge in [-0.05, 0) is 12.8 Å². The summed E-state index contributed by atoms with van der Waals surface area (Å²) in [5, 5.41) is 9.64. The van der Waals surface area contributed by atoms with Crippen LogP contribution in [0.1, 0.15) is 31.5 Å². The molecule has 88 valence electrons. The van der Waals surface area contributed by atoms with E-state index < -0.39 is 11.9 Å². The van der Waals surface area contributed by atoms with Crippen molar-refractivity contribution in [1.82, 2.24) is 9.36 Å². The zero-order valence-corrected chi connectivity index (χ0v) is 10.2. The van der Waals surface area contributed by atoms with Crippen molar-refractivity contribution in [1.29, 1.82) is 0 Å². The van der Waals surface area contributed by atoms with E-state index in [0.717, 1.165) is 11.0 Å². The van der Waals surface area contributed by atoms with Crippen molar-refractivity contribution < 1.29 is 9.90 Å². The van der Waals surface area contributed by atoms with E-state index in [4.69, 9.17) is 5.11 Å². The lowest BCUT2D eigenvalue weighted by Crippen LogP contribution is -2.28. The van der Waals surface area contributed by atoms with Gasteiger partial charge >= 0.3 is 5.97 Å². The molecule has 1 fully saturated rings. The lowest BCUT2D eigenvalue weighted by Gasteiger charge is -2.17. The van der Waals surface area contributed by atoms with E-state index in [0.29, 0.717) is 12.5 Å². The zero-order chi connectivity index (χ0) is 11.7. The summed E-state index contributed by atoms with van der Waals surface area (Å²) >= 11 is 1.35. The highest BCUT2D eigenvalue weighted by Crippen LogP contribution is 2.39. The Morgan fingerprint density at radius 2 is 2.38 bits per heavy atom. The summed E-state index contributed by atoms with van der Waals surface area (Å²) in [6.45, 7) is 2.16. The molecule has 1 aromatic heterocycles. The molecule has 0 aliphatic heterocycles. The van der Waals surface area contributed by atoms with Crippen LogP contribution in [0.2, 0.25) is 0 Å². The Bertz CT molecular complexity index is 389. The van der Waals surface area contributed by atoms with E-state index >= 15 is 0 Å². The summed E-state index contributed by atoms with van der Waals surface area (Å²) in [5.41, 5.74) is 0. The standard InChI is InChI=1S/C10H15N3O2S/c1-6(9(14)15)5-13(2)10-11-8(12-16-10)7-3-4-7/h6-7H,3-5H2,1-2H3,(H,14,15). The largest absolute Gasteiger partial charge is 0.481 e. The Hall–Kier alpha value is -1.17. The fourth-order valence-corrected chi connectivity index (χ4v) is 2.17. The van der Waals surface area contributed by atoms with Crippen LogP contribution in [0.25, 0.3) is 0 Å². The molecular weight excluding hydrogens is 226 g/mol. The average molecular weight is 241 g/mol. The van der Waals surface area contributed by atoms with Crippen LogP contribution in [0.15, 0.2) is 0 Å². The van der Waals surface area contributed by atoms with Gasteiger partial charge in [0.1, 0.15) is 5.82 Å². The molecule has 1 unspecified atom stereocenters. The Morgan fingerprint density at radius 3 is 2.94 bits per heavy atom. The Labute approximate surface area is 98.3 Å². The van der Waals surface area contributed by atoms with Gasteiger partial charge in [0.15, 0.2) is 0 Å². The molecule has 1 aromatic rings. The first kappa shape index (κ1) is 11.3. The van der Waals surface area contributed by atoms with Crippen LogP contribution in [-0.4, -0.2) is 34.0 Å². The Morgan fingerprint density at radius 1 is 1.69 bits per heavy atom. The molecule has 5 nitrogen and oxygen atoms in total. The first-order chi connectivity index (χ1) is 7.58. The number of rotatable bonds is 5. The molecule has 0 amide bonds. The van der Waals surface area contributed by atoms with Crippen molar-refractivity contribution in [2.75, 3.05) is 18.5 Å². The van der Waals surface area contributed by atoms with Crippen molar-refractivity contribution in [3.8, 4) is 0 Å². The average Bonchev–Trinajstić information content (AvgIpc) is 2.96. The summed E-state index contributed by atoms with van der Waals surface area (Å²) in [5.74, 6) is 0.308. The second-order valence-electron chi connectivity index (χ2n) is 4.33. The minimum Gasteiger partial charge on any atom is -0.481 e. The molecule has 0 spiro atoms. The van der Waals surface area contributed by atoms with Gasteiger partial charge in [0.2, 0.25) is 5.13 Å². The number of hydrogen-bond acceptors (Lipinski definition) is 5. The van der Waals surface area contributed by atoms with Gasteiger partial charge in [-0.2, -0.15) is 4.37 Å². The minimum absolute atomic E-state index is 0.390. The van der Waals surface area contributed by atoms with Crippen molar-refractivity contribution in [3.05, 3.63) is 5.82 Å². The highest BCUT2D eigenvalue weighted by atomic mass is 32.1. The van der Waals surface area contributed by atoms with Crippen LogP contribution in [-0.2, 0) is 4.79 Å². The van der Waals surface area contributed by atoms with Crippen molar-refractivity contribution in [3.63, 3.8) is 0 Å². The third-order valence-electron chi connectivity index (χ3n) is 2.67. The van der Waals surface area contributed by atoms with Crippen LogP contribution in [0.4, 0.5) is 5.13 Å². The van der Waals surface area contributed by atoms with Gasteiger partial charge in [-0.3, -0.25) is 4.79 Å². The molecular formula is C10H15N3O2S. The first-order valence-corrected chi connectivity index (χ1v) is 6.13. The molecule has 16 heavy (non-hydrogen) atoms. The SMILES string of the molecule is CC(CN(C)c1nc(C2CC2)ns1)C(=O)O. The van der Waals surface area contributed by atoms with Gasteiger partial charge in [0, 0.05) is 31.0 Å². The first-order valence-electron chi connectivity index (χ1n) is 5.35. The third kappa shape index (κ3) is 2.49. The topological polar surface area (TPSA) is 66.3 Å². The lowest BCUT2D eigenvalue weighted by atomic mass is 10.2. The predicted molar refractivity (Wildman–Crippen MR) is 62.0 cm³/mol. The summed E-state index contributed by atoms with van der Waals surface area (Å²) < 4.78 is 4.29. The summed E-state index contributed by atoms with van der Waals surface area (Å²) in [6.07, 6.45) is 2.37. The number of carboxylic acid groups (broad SMARTS) is 1. The molecule has 0 radical (unpaired) electrons. The van der Waals surface area contributed by atoms with Crippen molar-refractivity contribution in [2.24, 2.45) is 5.92 Å². The highest BCUT2D eigenvalue weighted by molar-refractivity contribution is 7.09. The van der Waals surface area contributed by atoms with Gasteiger partial charge < -0.3 is 10.0 Å². The van der Waals surface area contributed by atoms with Crippen LogP contribution >= 0.6 is 11.5 Å². The molecule has 1 aliphatic carbocycles. The number of aromatic nitrogens is 2. The van der Waals surface area contributed by atoms with Crippen LogP contribution in [0.3, 0.4) is 0 Å². The molecule has 6 heteroatoms. The monoisotopic (exact) mass is 241 g/mol. The molecule has 0 saturated heterocycles. The minimum atomic E-state index is -0.779. The Balaban J connectivity index is 1.96. The highest BCUT2D eigenvalue weighted by Gasteiger charge is 2.28. The molecule has 1 N–H and O–H groups in total. The fraction of sp³-hybridized carbons (Fsp3) is 0.700. The van der Waals surface area contributed by atoms with Gasteiger partial charge in [-0.1, -0.05) is 6.92 Å². The zero-order valence-electron chi connectivity index (χ0n) is 9.38. The van der Waals surface area contributed by atoms with E-state index in [9.17, 15) is 4.79 Å². The molecule has 2 rings (SSSR count). The Kier molecular flexibility index (Phi) is 3.09. The smallest absolute Gasteiger partial charge is 0.308 e. The van der Waals surface area contributed by atoms with Gasteiger partial charge in [0.05, 0.1) is 5.92 Å². The second kappa shape index (κ2) is 4.37. The van der Waals surface area contributed by atoms with Crippen LogP contribution in [0, 0.1) is 5.92 Å². The molecule has 0 aromatic carbocycles. The van der Waals surface area contributed by atoms with Crippen molar-refractivity contribution >= 4 is 22.6 Å². The number of carbonyl (C=O) groups is 1. The molecule has 0 bridgehead atoms. The maximum Gasteiger partial charge on any atom is 0.308 e. The third-order valence-corrected chi connectivity index (χ3v) is 3.51. The van der Waals surface area contributed by atoms with E-state index in [-0.39, 0.29) is 0 Å². The van der Waals surface area contributed by atoms with E-state index in [1.807, 2.05) is 11.9 Å². The van der Waals surface area contributed by atoms with E-state index in [1.165, 1.54) is 24.4 Å². The lowest BCUT2D eigenvalue weighted by molar-refractivity contribution is -0.140.